The fraction of sp³-hybridized carbons (Fsp3) is 0.545. The van der Waals surface area contributed by atoms with E-state index in [1.807, 2.05) is 18.2 Å². The highest BCUT2D eigenvalue weighted by Crippen LogP contribution is 2.34. The van der Waals surface area contributed by atoms with Gasteiger partial charge >= 0.3 is 0 Å². The smallest absolute Gasteiger partial charge is 0.103 e. The molecule has 28 heavy (non-hydrogen) atoms. The first kappa shape index (κ1) is 19.4. The van der Waals surface area contributed by atoms with Gasteiger partial charge in [-0.15, -0.1) is 0 Å². The predicted molar refractivity (Wildman–Crippen MR) is 113 cm³/mol. The lowest BCUT2D eigenvalue weighted by molar-refractivity contribution is -0.0720. The summed E-state index contributed by atoms with van der Waals surface area (Å²) in [6.07, 6.45) is 4.59. The lowest BCUT2D eigenvalue weighted by atomic mass is 9.94. The molecule has 2 aromatic rings. The van der Waals surface area contributed by atoms with E-state index in [-0.39, 0.29) is 0 Å². The Kier molecular flexibility index (Phi) is 5.73. The number of nitrogens with zero attached hydrogens (tertiary/aromatic N) is 4. The zero-order chi connectivity index (χ0) is 19.7. The fourth-order valence-corrected chi connectivity index (χ4v) is 4.88. The molecule has 0 radical (unpaired) electrons. The zero-order valence-corrected chi connectivity index (χ0v) is 17.3. The molecule has 0 spiro atoms. The number of pyridine rings is 1. The molecule has 0 bridgehead atoms. The van der Waals surface area contributed by atoms with Crippen molar-refractivity contribution in [2.24, 2.45) is 5.92 Å². The summed E-state index contributed by atoms with van der Waals surface area (Å²) >= 11 is 6.24. The third-order valence-electron chi connectivity index (χ3n) is 5.86. The average molecular weight is 399 g/mol. The molecule has 2 aliphatic rings. The van der Waals surface area contributed by atoms with Crippen LogP contribution in [0.5, 0.6) is 0 Å². The predicted octanol–water partition coefficient (Wildman–Crippen LogP) is 4.09. The van der Waals surface area contributed by atoms with E-state index in [4.69, 9.17) is 16.3 Å². The van der Waals surface area contributed by atoms with Crippen molar-refractivity contribution in [2.75, 3.05) is 37.6 Å². The van der Waals surface area contributed by atoms with Gasteiger partial charge in [0.2, 0.25) is 0 Å². The minimum Gasteiger partial charge on any atom is -0.373 e. The molecule has 0 amide bonds. The monoisotopic (exact) mass is 398 g/mol. The zero-order valence-electron chi connectivity index (χ0n) is 16.6. The molecule has 2 unspecified atom stereocenters. The molecule has 1 aromatic carbocycles. The van der Waals surface area contributed by atoms with Gasteiger partial charge in [-0.2, -0.15) is 5.26 Å². The first-order valence-corrected chi connectivity index (χ1v) is 10.5. The van der Waals surface area contributed by atoms with Crippen LogP contribution in [0.15, 0.2) is 24.4 Å². The lowest BCUT2D eigenvalue weighted by Crippen LogP contribution is -2.48. The van der Waals surface area contributed by atoms with E-state index >= 15 is 0 Å². The van der Waals surface area contributed by atoms with Gasteiger partial charge in [0.1, 0.15) is 6.07 Å². The maximum Gasteiger partial charge on any atom is 0.103 e. The first-order chi connectivity index (χ1) is 13.5. The van der Waals surface area contributed by atoms with Crippen LogP contribution >= 0.6 is 11.6 Å². The standard InChI is InChI=1S/C22H27ClN4O/c1-15-12-26(13-16(2)28-15)14-17-5-7-27(8-6-17)22-18(10-24)11-25-21-4-3-19(23)9-20(21)22/h3-4,9,11,15-17H,5-8,12-14H2,1-2H3. The average Bonchev–Trinajstić information content (AvgIpc) is 2.67. The number of rotatable bonds is 3. The van der Waals surface area contributed by atoms with E-state index < -0.39 is 0 Å². The molecule has 5 nitrogen and oxygen atoms in total. The Morgan fingerprint density at radius 2 is 1.93 bits per heavy atom. The highest BCUT2D eigenvalue weighted by molar-refractivity contribution is 6.31. The van der Waals surface area contributed by atoms with Gasteiger partial charge in [-0.25, -0.2) is 0 Å². The molecule has 4 rings (SSSR count). The lowest BCUT2D eigenvalue weighted by Gasteiger charge is -2.40. The molecule has 1 aromatic heterocycles. The van der Waals surface area contributed by atoms with Gasteiger partial charge in [-0.05, 0) is 50.8 Å². The molecule has 2 aliphatic heterocycles. The van der Waals surface area contributed by atoms with Gasteiger partial charge in [0, 0.05) is 49.3 Å². The van der Waals surface area contributed by atoms with Gasteiger partial charge in [0.05, 0.1) is 29.0 Å². The van der Waals surface area contributed by atoms with Crippen LogP contribution < -0.4 is 4.90 Å². The van der Waals surface area contributed by atoms with Crippen LogP contribution in [0, 0.1) is 17.2 Å². The van der Waals surface area contributed by atoms with Gasteiger partial charge in [-0.3, -0.25) is 9.88 Å². The number of ether oxygens (including phenoxy) is 1. The number of aromatic nitrogens is 1. The van der Waals surface area contributed by atoms with E-state index in [0.29, 0.717) is 28.7 Å². The summed E-state index contributed by atoms with van der Waals surface area (Å²) in [6.45, 7) is 9.43. The van der Waals surface area contributed by atoms with Crippen molar-refractivity contribution >= 4 is 28.2 Å². The topological polar surface area (TPSA) is 52.4 Å². The first-order valence-electron chi connectivity index (χ1n) is 10.1. The van der Waals surface area contributed by atoms with Gasteiger partial charge in [-0.1, -0.05) is 11.6 Å². The van der Waals surface area contributed by atoms with Crippen molar-refractivity contribution in [2.45, 2.75) is 38.9 Å². The van der Waals surface area contributed by atoms with Gasteiger partial charge in [0.15, 0.2) is 0 Å². The number of hydrogen-bond acceptors (Lipinski definition) is 5. The summed E-state index contributed by atoms with van der Waals surface area (Å²) in [4.78, 5) is 9.33. The number of nitriles is 1. The number of piperidine rings is 1. The molecule has 0 aliphatic carbocycles. The number of benzene rings is 1. The van der Waals surface area contributed by atoms with Gasteiger partial charge < -0.3 is 9.64 Å². The Labute approximate surface area is 171 Å². The summed E-state index contributed by atoms with van der Waals surface area (Å²) < 4.78 is 5.86. The number of fused-ring (bicyclic) bond motifs is 1. The second kappa shape index (κ2) is 8.24. The van der Waals surface area contributed by atoms with Gasteiger partial charge in [0.25, 0.3) is 0 Å². The molecule has 2 saturated heterocycles. The summed E-state index contributed by atoms with van der Waals surface area (Å²) in [6, 6.07) is 8.03. The third kappa shape index (κ3) is 4.10. The molecule has 2 fully saturated rings. The van der Waals surface area contributed by atoms with E-state index in [9.17, 15) is 5.26 Å². The van der Waals surface area contributed by atoms with Crippen molar-refractivity contribution in [3.63, 3.8) is 0 Å². The highest BCUT2D eigenvalue weighted by Gasteiger charge is 2.28. The Bertz CT molecular complexity index is 878. The third-order valence-corrected chi connectivity index (χ3v) is 6.10. The summed E-state index contributed by atoms with van der Waals surface area (Å²) in [5, 5.41) is 11.3. The van der Waals surface area contributed by atoms with Crippen molar-refractivity contribution in [3.05, 3.63) is 35.0 Å². The summed E-state index contributed by atoms with van der Waals surface area (Å²) in [5.41, 5.74) is 2.50. The van der Waals surface area contributed by atoms with Crippen LogP contribution in [0.1, 0.15) is 32.3 Å². The van der Waals surface area contributed by atoms with Crippen molar-refractivity contribution < 1.29 is 4.74 Å². The Morgan fingerprint density at radius 1 is 1.21 bits per heavy atom. The second-order valence-corrected chi connectivity index (χ2v) is 8.64. The highest BCUT2D eigenvalue weighted by atomic mass is 35.5. The molecule has 148 valence electrons. The van der Waals surface area contributed by atoms with Crippen molar-refractivity contribution in [1.82, 2.24) is 9.88 Å². The van der Waals surface area contributed by atoms with Crippen molar-refractivity contribution in [3.8, 4) is 6.07 Å². The molecular formula is C22H27ClN4O. The Hall–Kier alpha value is -1.87. The van der Waals surface area contributed by atoms with E-state index in [1.54, 1.807) is 6.20 Å². The summed E-state index contributed by atoms with van der Waals surface area (Å²) in [5.74, 6) is 0.691. The van der Waals surface area contributed by atoms with Crippen LogP contribution in [0.2, 0.25) is 5.02 Å². The number of hydrogen-bond donors (Lipinski definition) is 0. The Morgan fingerprint density at radius 3 is 2.61 bits per heavy atom. The molecule has 6 heteroatoms. The maximum absolute atomic E-state index is 9.63. The van der Waals surface area contributed by atoms with Crippen LogP contribution in [0.25, 0.3) is 10.9 Å². The number of halogens is 1. The van der Waals surface area contributed by atoms with Crippen LogP contribution in [0.4, 0.5) is 5.69 Å². The maximum atomic E-state index is 9.63. The Balaban J connectivity index is 1.48. The normalized spacial score (nSPS) is 24.4. The van der Waals surface area contributed by atoms with E-state index in [2.05, 4.69) is 34.7 Å². The van der Waals surface area contributed by atoms with Crippen LogP contribution in [0.3, 0.4) is 0 Å². The molecule has 3 heterocycles. The van der Waals surface area contributed by atoms with E-state index in [0.717, 1.165) is 62.2 Å². The SMILES string of the molecule is CC1CN(CC2CCN(c3c(C#N)cnc4ccc(Cl)cc34)CC2)CC(C)O1. The quantitative estimate of drug-likeness (QED) is 0.779. The minimum absolute atomic E-state index is 0.315. The van der Waals surface area contributed by atoms with E-state index in [1.165, 1.54) is 0 Å². The number of anilines is 1. The van der Waals surface area contributed by atoms with Crippen LogP contribution in [-0.4, -0.2) is 54.8 Å². The molecular weight excluding hydrogens is 372 g/mol. The van der Waals surface area contributed by atoms with Crippen LogP contribution in [-0.2, 0) is 4.74 Å². The fourth-order valence-electron chi connectivity index (χ4n) is 4.71. The minimum atomic E-state index is 0.315. The molecule has 0 N–H and O–H groups in total. The van der Waals surface area contributed by atoms with Crippen molar-refractivity contribution in [1.29, 1.82) is 5.26 Å². The second-order valence-electron chi connectivity index (χ2n) is 8.20. The number of morpholine rings is 1. The molecule has 0 saturated carbocycles. The summed E-state index contributed by atoms with van der Waals surface area (Å²) in [7, 11) is 0. The largest absolute Gasteiger partial charge is 0.373 e. The molecule has 2 atom stereocenters.